The summed E-state index contributed by atoms with van der Waals surface area (Å²) in [5, 5.41) is 7.72. The minimum atomic E-state index is 0.470. The van der Waals surface area contributed by atoms with E-state index in [-0.39, 0.29) is 0 Å². The first kappa shape index (κ1) is 17.1. The highest BCUT2D eigenvalue weighted by Gasteiger charge is 2.13. The summed E-state index contributed by atoms with van der Waals surface area (Å²) in [5.74, 6) is 2.57. The van der Waals surface area contributed by atoms with Gasteiger partial charge < -0.3 is 14.8 Å². The van der Waals surface area contributed by atoms with Crippen LogP contribution >= 0.6 is 11.3 Å². The van der Waals surface area contributed by atoms with Gasteiger partial charge in [-0.15, -0.1) is 0 Å². The molecule has 0 amide bonds. The van der Waals surface area contributed by atoms with Crippen LogP contribution in [0.25, 0.3) is 11.1 Å². The average molecular weight is 365 g/mol. The molecule has 134 valence electrons. The Morgan fingerprint density at radius 1 is 0.962 bits per heavy atom. The van der Waals surface area contributed by atoms with Crippen LogP contribution in [0.4, 0.5) is 0 Å². The molecule has 1 N–H and O–H groups in total. The second-order valence-electron chi connectivity index (χ2n) is 6.54. The zero-order chi connectivity index (χ0) is 17.6. The maximum atomic E-state index is 6.12. The normalized spacial score (nSPS) is 17.0. The molecule has 0 saturated carbocycles. The Labute approximate surface area is 158 Å². The third-order valence-electron chi connectivity index (χ3n) is 4.63. The van der Waals surface area contributed by atoms with E-state index >= 15 is 0 Å². The lowest BCUT2D eigenvalue weighted by Crippen LogP contribution is -2.38. The third kappa shape index (κ3) is 4.26. The van der Waals surface area contributed by atoms with Gasteiger partial charge in [-0.25, -0.2) is 0 Å². The zero-order valence-electron chi connectivity index (χ0n) is 14.7. The first-order chi connectivity index (χ1) is 12.9. The highest BCUT2D eigenvalue weighted by atomic mass is 32.1. The zero-order valence-corrected chi connectivity index (χ0v) is 15.5. The number of rotatable bonds is 6. The Hall–Kier alpha value is -2.30. The number of hydrogen-bond acceptors (Lipinski definition) is 4. The lowest BCUT2D eigenvalue weighted by Gasteiger charge is -2.23. The number of piperidine rings is 1. The first-order valence-electron chi connectivity index (χ1n) is 9.14. The predicted octanol–water partition coefficient (Wildman–Crippen LogP) is 5.73. The fourth-order valence-electron chi connectivity index (χ4n) is 3.21. The standard InChI is InChI=1S/C22H23NO2S/c1-2-7-22(21(6-1)17-12-14-26-16-17)25-20-10-8-19(9-11-20)24-15-18-5-3-4-13-23-18/h1-2,6-12,14,16,18,23H,3-5,13,15H2/t18-/m0/s1. The maximum Gasteiger partial charge on any atom is 0.135 e. The molecule has 1 aliphatic rings. The van der Waals surface area contributed by atoms with Crippen molar-refractivity contribution in [2.45, 2.75) is 25.3 Å². The summed E-state index contributed by atoms with van der Waals surface area (Å²) in [7, 11) is 0. The SMILES string of the molecule is c1ccc(-c2ccsc2)c(Oc2ccc(OC[C@@H]3CCCCN3)cc2)c1. The van der Waals surface area contributed by atoms with Gasteiger partial charge in [-0.05, 0) is 72.1 Å². The number of para-hydroxylation sites is 1. The van der Waals surface area contributed by atoms with Crippen LogP contribution in [-0.2, 0) is 0 Å². The molecule has 1 fully saturated rings. The Balaban J connectivity index is 1.40. The predicted molar refractivity (Wildman–Crippen MR) is 107 cm³/mol. The van der Waals surface area contributed by atoms with Crippen molar-refractivity contribution in [2.24, 2.45) is 0 Å². The topological polar surface area (TPSA) is 30.5 Å². The highest BCUT2D eigenvalue weighted by molar-refractivity contribution is 7.08. The molecule has 1 saturated heterocycles. The molecular weight excluding hydrogens is 342 g/mol. The number of benzene rings is 2. The summed E-state index contributed by atoms with van der Waals surface area (Å²) >= 11 is 1.69. The fraction of sp³-hybridized carbons (Fsp3) is 0.273. The van der Waals surface area contributed by atoms with Crippen molar-refractivity contribution in [1.82, 2.24) is 5.32 Å². The molecule has 0 radical (unpaired) electrons. The van der Waals surface area contributed by atoms with E-state index < -0.39 is 0 Å². The molecule has 2 heterocycles. The van der Waals surface area contributed by atoms with Crippen molar-refractivity contribution in [3.05, 3.63) is 65.4 Å². The Bertz CT molecular complexity index is 808. The number of nitrogens with one attached hydrogen (secondary N) is 1. The van der Waals surface area contributed by atoms with Crippen molar-refractivity contribution >= 4 is 11.3 Å². The van der Waals surface area contributed by atoms with E-state index in [4.69, 9.17) is 9.47 Å². The van der Waals surface area contributed by atoms with Crippen LogP contribution in [0.3, 0.4) is 0 Å². The van der Waals surface area contributed by atoms with Crippen molar-refractivity contribution in [1.29, 1.82) is 0 Å². The number of thiophene rings is 1. The van der Waals surface area contributed by atoms with E-state index in [1.54, 1.807) is 11.3 Å². The molecule has 4 rings (SSSR count). The molecule has 0 unspecified atom stereocenters. The van der Waals surface area contributed by atoms with Gasteiger partial charge in [-0.1, -0.05) is 24.6 Å². The van der Waals surface area contributed by atoms with Gasteiger partial charge in [0.25, 0.3) is 0 Å². The lowest BCUT2D eigenvalue weighted by molar-refractivity contribution is 0.239. The smallest absolute Gasteiger partial charge is 0.135 e. The maximum absolute atomic E-state index is 6.12. The number of ether oxygens (including phenoxy) is 2. The molecule has 0 spiro atoms. The second-order valence-corrected chi connectivity index (χ2v) is 7.32. The summed E-state index contributed by atoms with van der Waals surface area (Å²) in [6.45, 7) is 1.82. The third-order valence-corrected chi connectivity index (χ3v) is 5.32. The van der Waals surface area contributed by atoms with Crippen molar-refractivity contribution in [3.63, 3.8) is 0 Å². The largest absolute Gasteiger partial charge is 0.492 e. The number of hydrogen-bond donors (Lipinski definition) is 1. The van der Waals surface area contributed by atoms with Gasteiger partial charge in [0.15, 0.2) is 0 Å². The molecule has 0 bridgehead atoms. The molecule has 26 heavy (non-hydrogen) atoms. The van der Waals surface area contributed by atoms with E-state index in [0.29, 0.717) is 6.04 Å². The van der Waals surface area contributed by atoms with Crippen LogP contribution < -0.4 is 14.8 Å². The lowest BCUT2D eigenvalue weighted by atomic mass is 10.1. The van der Waals surface area contributed by atoms with E-state index in [0.717, 1.165) is 36.0 Å². The Kier molecular flexibility index (Phi) is 5.53. The quantitative estimate of drug-likeness (QED) is 0.605. The summed E-state index contributed by atoms with van der Waals surface area (Å²) < 4.78 is 12.0. The van der Waals surface area contributed by atoms with Gasteiger partial charge in [0, 0.05) is 11.6 Å². The molecule has 4 heteroatoms. The van der Waals surface area contributed by atoms with Crippen LogP contribution in [0.15, 0.2) is 65.4 Å². The molecule has 1 atom stereocenters. The first-order valence-corrected chi connectivity index (χ1v) is 10.1. The molecule has 1 aliphatic heterocycles. The van der Waals surface area contributed by atoms with Gasteiger partial charge in [0.05, 0.1) is 0 Å². The second kappa shape index (κ2) is 8.39. The van der Waals surface area contributed by atoms with Crippen LogP contribution in [0.5, 0.6) is 17.2 Å². The summed E-state index contributed by atoms with van der Waals surface area (Å²) in [5.41, 5.74) is 2.29. The minimum absolute atomic E-state index is 0.470. The minimum Gasteiger partial charge on any atom is -0.492 e. The van der Waals surface area contributed by atoms with E-state index in [9.17, 15) is 0 Å². The van der Waals surface area contributed by atoms with E-state index in [1.807, 2.05) is 42.5 Å². The Morgan fingerprint density at radius 3 is 2.58 bits per heavy atom. The van der Waals surface area contributed by atoms with Crippen molar-refractivity contribution in [2.75, 3.05) is 13.2 Å². The molecule has 1 aromatic heterocycles. The van der Waals surface area contributed by atoms with Crippen molar-refractivity contribution < 1.29 is 9.47 Å². The molecule has 0 aliphatic carbocycles. The summed E-state index contributed by atoms with van der Waals surface area (Å²) in [6, 6.07) is 18.6. The monoisotopic (exact) mass is 365 g/mol. The van der Waals surface area contributed by atoms with Crippen LogP contribution in [-0.4, -0.2) is 19.2 Å². The van der Waals surface area contributed by atoms with Gasteiger partial charge in [-0.2, -0.15) is 11.3 Å². The van der Waals surface area contributed by atoms with Gasteiger partial charge >= 0.3 is 0 Å². The van der Waals surface area contributed by atoms with E-state index in [2.05, 4.69) is 28.2 Å². The van der Waals surface area contributed by atoms with Crippen LogP contribution in [0.1, 0.15) is 19.3 Å². The summed E-state index contributed by atoms with van der Waals surface area (Å²) in [6.07, 6.45) is 3.76. The average Bonchev–Trinajstić information content (AvgIpc) is 3.23. The Morgan fingerprint density at radius 2 is 1.81 bits per heavy atom. The van der Waals surface area contributed by atoms with Crippen molar-refractivity contribution in [3.8, 4) is 28.4 Å². The van der Waals surface area contributed by atoms with Gasteiger partial charge in [0.2, 0.25) is 0 Å². The van der Waals surface area contributed by atoms with Gasteiger partial charge in [0.1, 0.15) is 23.9 Å². The molecule has 3 aromatic rings. The van der Waals surface area contributed by atoms with E-state index in [1.165, 1.54) is 24.8 Å². The molecule has 2 aromatic carbocycles. The van der Waals surface area contributed by atoms with Crippen LogP contribution in [0.2, 0.25) is 0 Å². The fourth-order valence-corrected chi connectivity index (χ4v) is 3.86. The molecule has 3 nitrogen and oxygen atoms in total. The highest BCUT2D eigenvalue weighted by Crippen LogP contribution is 2.34. The summed E-state index contributed by atoms with van der Waals surface area (Å²) in [4.78, 5) is 0. The van der Waals surface area contributed by atoms with Crippen LogP contribution in [0, 0.1) is 0 Å². The van der Waals surface area contributed by atoms with Gasteiger partial charge in [-0.3, -0.25) is 0 Å². The molecular formula is C22H23NO2S.